The molecule has 0 saturated heterocycles. The summed E-state index contributed by atoms with van der Waals surface area (Å²) in [7, 11) is 0. The van der Waals surface area contributed by atoms with E-state index in [1.54, 1.807) is 0 Å². The summed E-state index contributed by atoms with van der Waals surface area (Å²) < 4.78 is 0. The maximum atomic E-state index is 10.4. The summed E-state index contributed by atoms with van der Waals surface area (Å²) in [5.41, 5.74) is 4.96. The molecule has 3 nitrogen and oxygen atoms in total. The molecule has 0 aromatic heterocycles. The highest BCUT2D eigenvalue weighted by molar-refractivity contribution is 5.71. The Kier molecular flexibility index (Phi) is 5.17. The fraction of sp³-hybridized carbons (Fsp3) is 0.667. The number of nitrogens with one attached hydrogen (secondary N) is 1. The first-order valence-corrected chi connectivity index (χ1v) is 4.22. The Hall–Kier alpha value is -0.990. The number of nitrogens with two attached hydrogens (primary N) is 1. The van der Waals surface area contributed by atoms with Crippen LogP contribution in [0.1, 0.15) is 20.3 Å². The summed E-state index contributed by atoms with van der Waals surface area (Å²) in [6, 6.07) is -0.454. The Labute approximate surface area is 74.0 Å². The molecule has 1 unspecified atom stereocenters. The molecule has 0 heterocycles. The van der Waals surface area contributed by atoms with E-state index >= 15 is 0 Å². The van der Waals surface area contributed by atoms with Gasteiger partial charge < -0.3 is 11.1 Å². The van der Waals surface area contributed by atoms with E-state index in [1.807, 2.05) is 6.08 Å². The van der Waals surface area contributed by atoms with E-state index in [0.29, 0.717) is 18.4 Å². The molecule has 70 valence electrons. The Morgan fingerprint density at radius 2 is 2.25 bits per heavy atom. The molecule has 3 heteroatoms. The van der Waals surface area contributed by atoms with Gasteiger partial charge >= 0.3 is 6.03 Å². The van der Waals surface area contributed by atoms with Crippen LogP contribution in [0.2, 0.25) is 0 Å². The molecule has 0 aliphatic carbocycles. The molecular formula is C9H18N2O. The van der Waals surface area contributed by atoms with Gasteiger partial charge in [0, 0.05) is 6.54 Å². The van der Waals surface area contributed by atoms with E-state index in [9.17, 15) is 4.79 Å². The third-order valence-corrected chi connectivity index (χ3v) is 1.95. The summed E-state index contributed by atoms with van der Waals surface area (Å²) in [5.74, 6) is 0.977. The molecular weight excluding hydrogens is 152 g/mol. The van der Waals surface area contributed by atoms with Crippen molar-refractivity contribution >= 4 is 6.03 Å². The van der Waals surface area contributed by atoms with Gasteiger partial charge in [-0.15, -0.1) is 6.58 Å². The molecule has 0 aromatic carbocycles. The summed E-state index contributed by atoms with van der Waals surface area (Å²) in [6.07, 6.45) is 2.78. The lowest BCUT2D eigenvalue weighted by molar-refractivity contribution is 0.244. The largest absolute Gasteiger partial charge is 0.352 e. The summed E-state index contributed by atoms with van der Waals surface area (Å²) in [5, 5.41) is 2.60. The second-order valence-electron chi connectivity index (χ2n) is 3.27. The second-order valence-corrected chi connectivity index (χ2v) is 3.27. The number of carbonyl (C=O) groups is 1. The van der Waals surface area contributed by atoms with Crippen LogP contribution in [0.4, 0.5) is 4.79 Å². The van der Waals surface area contributed by atoms with Crippen LogP contribution < -0.4 is 11.1 Å². The van der Waals surface area contributed by atoms with Crippen LogP contribution in [0.25, 0.3) is 0 Å². The van der Waals surface area contributed by atoms with E-state index < -0.39 is 6.03 Å². The number of hydrogen-bond donors (Lipinski definition) is 2. The lowest BCUT2D eigenvalue weighted by Crippen LogP contribution is -2.35. The SMILES string of the molecule is C=CCC(CNC(N)=O)C(C)C. The van der Waals surface area contributed by atoms with Gasteiger partial charge in [-0.2, -0.15) is 0 Å². The van der Waals surface area contributed by atoms with Crippen LogP contribution >= 0.6 is 0 Å². The first-order valence-electron chi connectivity index (χ1n) is 4.22. The van der Waals surface area contributed by atoms with Gasteiger partial charge in [0.15, 0.2) is 0 Å². The fourth-order valence-electron chi connectivity index (χ4n) is 1.04. The topological polar surface area (TPSA) is 55.1 Å². The highest BCUT2D eigenvalue weighted by atomic mass is 16.2. The van der Waals surface area contributed by atoms with Crippen molar-refractivity contribution in [1.82, 2.24) is 5.32 Å². The molecule has 0 rings (SSSR count). The molecule has 12 heavy (non-hydrogen) atoms. The zero-order valence-electron chi connectivity index (χ0n) is 7.84. The first kappa shape index (κ1) is 11.0. The van der Waals surface area contributed by atoms with Crippen molar-refractivity contribution in [2.45, 2.75) is 20.3 Å². The minimum absolute atomic E-state index is 0.440. The number of hydrogen-bond acceptors (Lipinski definition) is 1. The molecule has 2 amide bonds. The minimum atomic E-state index is -0.454. The van der Waals surface area contributed by atoms with E-state index in [2.05, 4.69) is 25.7 Å². The molecule has 0 radical (unpaired) electrons. The number of rotatable bonds is 5. The molecule has 0 spiro atoms. The number of carbonyl (C=O) groups excluding carboxylic acids is 1. The first-order chi connectivity index (χ1) is 5.57. The average molecular weight is 170 g/mol. The Morgan fingerprint density at radius 1 is 1.67 bits per heavy atom. The molecule has 1 atom stereocenters. The molecule has 0 aliphatic rings. The van der Waals surface area contributed by atoms with Crippen molar-refractivity contribution in [3.05, 3.63) is 12.7 Å². The summed E-state index contributed by atoms with van der Waals surface area (Å²) >= 11 is 0. The van der Waals surface area contributed by atoms with Crippen LogP contribution in [0.15, 0.2) is 12.7 Å². The van der Waals surface area contributed by atoms with Gasteiger partial charge in [-0.3, -0.25) is 0 Å². The molecule has 3 N–H and O–H groups in total. The van der Waals surface area contributed by atoms with Gasteiger partial charge in [-0.1, -0.05) is 19.9 Å². The van der Waals surface area contributed by atoms with Crippen molar-refractivity contribution in [1.29, 1.82) is 0 Å². The molecule has 0 saturated carbocycles. The van der Waals surface area contributed by atoms with Crippen LogP contribution in [0.5, 0.6) is 0 Å². The second kappa shape index (κ2) is 5.63. The van der Waals surface area contributed by atoms with Crippen molar-refractivity contribution in [3.8, 4) is 0 Å². The van der Waals surface area contributed by atoms with Crippen molar-refractivity contribution in [2.75, 3.05) is 6.54 Å². The van der Waals surface area contributed by atoms with Gasteiger partial charge in [0.25, 0.3) is 0 Å². The highest BCUT2D eigenvalue weighted by Crippen LogP contribution is 2.13. The lowest BCUT2D eigenvalue weighted by atomic mass is 9.92. The summed E-state index contributed by atoms with van der Waals surface area (Å²) in [4.78, 5) is 10.4. The zero-order chi connectivity index (χ0) is 9.56. The monoisotopic (exact) mass is 170 g/mol. The maximum Gasteiger partial charge on any atom is 0.312 e. The third-order valence-electron chi connectivity index (χ3n) is 1.95. The average Bonchev–Trinajstić information content (AvgIpc) is 1.96. The summed E-state index contributed by atoms with van der Waals surface area (Å²) in [6.45, 7) is 8.55. The quantitative estimate of drug-likeness (QED) is 0.604. The van der Waals surface area contributed by atoms with Crippen LogP contribution in [-0.4, -0.2) is 12.6 Å². The Morgan fingerprint density at radius 3 is 2.58 bits per heavy atom. The fourth-order valence-corrected chi connectivity index (χ4v) is 1.04. The van der Waals surface area contributed by atoms with Gasteiger partial charge in [-0.25, -0.2) is 4.79 Å². The molecule has 0 fully saturated rings. The van der Waals surface area contributed by atoms with Crippen LogP contribution in [0.3, 0.4) is 0 Å². The number of urea groups is 1. The normalized spacial score (nSPS) is 12.6. The molecule has 0 aliphatic heterocycles. The number of primary amides is 1. The van der Waals surface area contributed by atoms with E-state index in [-0.39, 0.29) is 0 Å². The van der Waals surface area contributed by atoms with Gasteiger partial charge in [-0.05, 0) is 18.3 Å². The smallest absolute Gasteiger partial charge is 0.312 e. The predicted molar refractivity (Wildman–Crippen MR) is 50.7 cm³/mol. The Balaban J connectivity index is 3.78. The van der Waals surface area contributed by atoms with Gasteiger partial charge in [0.05, 0.1) is 0 Å². The van der Waals surface area contributed by atoms with E-state index in [0.717, 1.165) is 6.42 Å². The van der Waals surface area contributed by atoms with E-state index in [1.165, 1.54) is 0 Å². The standard InChI is InChI=1S/C9H18N2O/c1-4-5-8(7(2)3)6-11-9(10)12/h4,7-8H,1,5-6H2,2-3H3,(H3,10,11,12). The molecule has 0 bridgehead atoms. The molecule has 0 aromatic rings. The maximum absolute atomic E-state index is 10.4. The van der Waals surface area contributed by atoms with Crippen LogP contribution in [-0.2, 0) is 0 Å². The van der Waals surface area contributed by atoms with Crippen molar-refractivity contribution in [3.63, 3.8) is 0 Å². The number of allylic oxidation sites excluding steroid dienone is 1. The zero-order valence-corrected chi connectivity index (χ0v) is 7.84. The van der Waals surface area contributed by atoms with Crippen molar-refractivity contribution in [2.24, 2.45) is 17.6 Å². The predicted octanol–water partition coefficient (Wildman–Crippen LogP) is 1.50. The highest BCUT2D eigenvalue weighted by Gasteiger charge is 2.11. The van der Waals surface area contributed by atoms with Gasteiger partial charge in [0.1, 0.15) is 0 Å². The lowest BCUT2D eigenvalue weighted by Gasteiger charge is -2.18. The minimum Gasteiger partial charge on any atom is -0.352 e. The Bertz CT molecular complexity index is 155. The number of amides is 2. The third kappa shape index (κ3) is 4.77. The van der Waals surface area contributed by atoms with Crippen molar-refractivity contribution < 1.29 is 4.79 Å². The van der Waals surface area contributed by atoms with E-state index in [4.69, 9.17) is 5.73 Å². The van der Waals surface area contributed by atoms with Gasteiger partial charge in [0.2, 0.25) is 0 Å². The van der Waals surface area contributed by atoms with Crippen LogP contribution in [0, 0.1) is 11.8 Å².